The summed E-state index contributed by atoms with van der Waals surface area (Å²) in [4.78, 5) is 6.98. The number of benzene rings is 2. The summed E-state index contributed by atoms with van der Waals surface area (Å²) in [6.07, 6.45) is 1.91. The molecule has 0 amide bonds. The molecule has 1 saturated heterocycles. The van der Waals surface area contributed by atoms with E-state index in [0.717, 1.165) is 43.3 Å². The van der Waals surface area contributed by atoms with Crippen LogP contribution in [0.15, 0.2) is 47.5 Å². The average molecular weight is 324 g/mol. The van der Waals surface area contributed by atoms with E-state index in [0.29, 0.717) is 6.61 Å². The third-order valence-electron chi connectivity index (χ3n) is 4.14. The molecule has 2 aromatic carbocycles. The van der Waals surface area contributed by atoms with Gasteiger partial charge in [-0.25, -0.2) is 0 Å². The van der Waals surface area contributed by atoms with Crippen molar-refractivity contribution in [3.8, 4) is 5.75 Å². The second kappa shape index (κ2) is 7.97. The van der Waals surface area contributed by atoms with Crippen LogP contribution in [0.1, 0.15) is 18.1 Å². The van der Waals surface area contributed by atoms with Gasteiger partial charge in [-0.15, -0.1) is 0 Å². The number of aliphatic imine (C=N–C) groups is 1. The van der Waals surface area contributed by atoms with E-state index in [4.69, 9.17) is 9.47 Å². The largest absolute Gasteiger partial charge is 0.492 e. The van der Waals surface area contributed by atoms with Gasteiger partial charge in [-0.3, -0.25) is 4.99 Å². The highest BCUT2D eigenvalue weighted by molar-refractivity contribution is 5.85. The lowest BCUT2D eigenvalue weighted by Gasteiger charge is -2.29. The maximum Gasteiger partial charge on any atom is 0.144 e. The van der Waals surface area contributed by atoms with Crippen LogP contribution in [0.4, 0.5) is 11.4 Å². The Morgan fingerprint density at radius 1 is 1.17 bits per heavy atom. The van der Waals surface area contributed by atoms with Crippen LogP contribution in [0.25, 0.3) is 0 Å². The fourth-order valence-corrected chi connectivity index (χ4v) is 2.80. The highest BCUT2D eigenvalue weighted by Gasteiger charge is 2.11. The Morgan fingerprint density at radius 3 is 2.71 bits per heavy atom. The Hall–Kier alpha value is -2.33. The second-order valence-corrected chi connectivity index (χ2v) is 5.80. The van der Waals surface area contributed by atoms with E-state index in [9.17, 15) is 0 Å². The van der Waals surface area contributed by atoms with Crippen molar-refractivity contribution < 1.29 is 9.47 Å². The van der Waals surface area contributed by atoms with Crippen LogP contribution in [0, 0.1) is 6.92 Å². The van der Waals surface area contributed by atoms with E-state index < -0.39 is 0 Å². The first kappa shape index (κ1) is 16.5. The third kappa shape index (κ3) is 3.95. The molecule has 1 heterocycles. The summed E-state index contributed by atoms with van der Waals surface area (Å²) in [5.41, 5.74) is 4.45. The van der Waals surface area contributed by atoms with Gasteiger partial charge in [-0.2, -0.15) is 0 Å². The molecule has 3 rings (SSSR count). The SMILES string of the molecule is CCOc1ccccc1N=Cc1ccc(N2CCOCC2)cc1C. The summed E-state index contributed by atoms with van der Waals surface area (Å²) < 4.78 is 11.0. The quantitative estimate of drug-likeness (QED) is 0.780. The van der Waals surface area contributed by atoms with Crippen molar-refractivity contribution in [1.29, 1.82) is 0 Å². The standard InChI is InChI=1S/C20H24N2O2/c1-3-24-20-7-5-4-6-19(20)21-15-17-8-9-18(14-16(17)2)22-10-12-23-13-11-22/h4-9,14-15H,3,10-13H2,1-2H3. The molecule has 0 unspecified atom stereocenters. The zero-order valence-electron chi connectivity index (χ0n) is 14.4. The summed E-state index contributed by atoms with van der Waals surface area (Å²) in [5.74, 6) is 0.818. The average Bonchev–Trinajstić information content (AvgIpc) is 2.63. The molecule has 2 aromatic rings. The van der Waals surface area contributed by atoms with Crippen molar-refractivity contribution in [2.24, 2.45) is 4.99 Å². The molecule has 1 fully saturated rings. The van der Waals surface area contributed by atoms with E-state index in [1.54, 1.807) is 0 Å². The summed E-state index contributed by atoms with van der Waals surface area (Å²) >= 11 is 0. The molecule has 4 heteroatoms. The van der Waals surface area contributed by atoms with Gasteiger partial charge in [0, 0.05) is 25.0 Å². The normalized spacial score (nSPS) is 15.0. The lowest BCUT2D eigenvalue weighted by molar-refractivity contribution is 0.122. The summed E-state index contributed by atoms with van der Waals surface area (Å²) in [6, 6.07) is 14.4. The monoisotopic (exact) mass is 324 g/mol. The lowest BCUT2D eigenvalue weighted by atomic mass is 10.1. The van der Waals surface area contributed by atoms with Gasteiger partial charge in [0.2, 0.25) is 0 Å². The van der Waals surface area contributed by atoms with E-state index >= 15 is 0 Å². The first-order valence-electron chi connectivity index (χ1n) is 8.47. The Labute approximate surface area is 143 Å². The number of anilines is 1. The smallest absolute Gasteiger partial charge is 0.144 e. The molecule has 0 atom stereocenters. The molecular weight excluding hydrogens is 300 g/mol. The number of morpholine rings is 1. The number of ether oxygens (including phenoxy) is 2. The molecule has 1 aliphatic rings. The minimum Gasteiger partial charge on any atom is -0.492 e. The first-order chi connectivity index (χ1) is 11.8. The minimum absolute atomic E-state index is 0.639. The summed E-state index contributed by atoms with van der Waals surface area (Å²) in [7, 11) is 0. The van der Waals surface area contributed by atoms with Crippen molar-refractivity contribution in [3.63, 3.8) is 0 Å². The van der Waals surface area contributed by atoms with Crippen LogP contribution in [0.3, 0.4) is 0 Å². The number of hydrogen-bond donors (Lipinski definition) is 0. The maximum absolute atomic E-state index is 5.62. The molecule has 0 N–H and O–H groups in total. The van der Waals surface area contributed by atoms with Crippen LogP contribution >= 0.6 is 0 Å². The van der Waals surface area contributed by atoms with E-state index in [2.05, 4.69) is 35.0 Å². The van der Waals surface area contributed by atoms with Gasteiger partial charge in [-0.1, -0.05) is 18.2 Å². The van der Waals surface area contributed by atoms with E-state index in [-0.39, 0.29) is 0 Å². The lowest BCUT2D eigenvalue weighted by Crippen LogP contribution is -2.36. The number of aryl methyl sites for hydroxylation is 1. The molecular formula is C20H24N2O2. The van der Waals surface area contributed by atoms with Crippen LogP contribution in [-0.2, 0) is 4.74 Å². The Balaban J connectivity index is 1.78. The van der Waals surface area contributed by atoms with Crippen molar-refractivity contribution in [2.75, 3.05) is 37.8 Å². The summed E-state index contributed by atoms with van der Waals surface area (Å²) in [5, 5.41) is 0. The predicted octanol–water partition coefficient (Wildman–Crippen LogP) is 3.98. The van der Waals surface area contributed by atoms with Crippen LogP contribution < -0.4 is 9.64 Å². The van der Waals surface area contributed by atoms with Crippen LogP contribution in [0.2, 0.25) is 0 Å². The van der Waals surface area contributed by atoms with Crippen molar-refractivity contribution in [3.05, 3.63) is 53.6 Å². The fraction of sp³-hybridized carbons (Fsp3) is 0.350. The molecule has 0 bridgehead atoms. The molecule has 0 saturated carbocycles. The summed E-state index contributed by atoms with van der Waals surface area (Å²) in [6.45, 7) is 8.25. The number of rotatable bonds is 5. The van der Waals surface area contributed by atoms with Crippen molar-refractivity contribution in [2.45, 2.75) is 13.8 Å². The first-order valence-corrected chi connectivity index (χ1v) is 8.47. The molecule has 0 aliphatic carbocycles. The van der Waals surface area contributed by atoms with Crippen molar-refractivity contribution >= 4 is 17.6 Å². The molecule has 4 nitrogen and oxygen atoms in total. The molecule has 0 radical (unpaired) electrons. The fourth-order valence-electron chi connectivity index (χ4n) is 2.80. The molecule has 0 spiro atoms. The van der Waals surface area contributed by atoms with Gasteiger partial charge < -0.3 is 14.4 Å². The maximum atomic E-state index is 5.62. The highest BCUT2D eigenvalue weighted by Crippen LogP contribution is 2.27. The number of hydrogen-bond acceptors (Lipinski definition) is 4. The van der Waals surface area contributed by atoms with Gasteiger partial charge in [0.05, 0.1) is 19.8 Å². The third-order valence-corrected chi connectivity index (χ3v) is 4.14. The van der Waals surface area contributed by atoms with E-state index in [1.807, 2.05) is 37.4 Å². The molecule has 1 aliphatic heterocycles. The van der Waals surface area contributed by atoms with Crippen LogP contribution in [0.5, 0.6) is 5.75 Å². The highest BCUT2D eigenvalue weighted by atomic mass is 16.5. The zero-order valence-corrected chi connectivity index (χ0v) is 14.4. The van der Waals surface area contributed by atoms with Gasteiger partial charge in [0.15, 0.2) is 0 Å². The zero-order chi connectivity index (χ0) is 16.8. The van der Waals surface area contributed by atoms with Gasteiger partial charge >= 0.3 is 0 Å². The molecule has 0 aromatic heterocycles. The van der Waals surface area contributed by atoms with Gasteiger partial charge in [-0.05, 0) is 49.2 Å². The van der Waals surface area contributed by atoms with Gasteiger partial charge in [0.25, 0.3) is 0 Å². The Morgan fingerprint density at radius 2 is 1.96 bits per heavy atom. The second-order valence-electron chi connectivity index (χ2n) is 5.80. The van der Waals surface area contributed by atoms with E-state index in [1.165, 1.54) is 11.3 Å². The number of para-hydroxylation sites is 2. The van der Waals surface area contributed by atoms with Crippen LogP contribution in [-0.4, -0.2) is 39.1 Å². The number of nitrogens with zero attached hydrogens (tertiary/aromatic N) is 2. The minimum atomic E-state index is 0.639. The Kier molecular flexibility index (Phi) is 5.49. The van der Waals surface area contributed by atoms with Gasteiger partial charge in [0.1, 0.15) is 11.4 Å². The molecule has 24 heavy (non-hydrogen) atoms. The molecule has 126 valence electrons. The predicted molar refractivity (Wildman–Crippen MR) is 99.1 cm³/mol. The van der Waals surface area contributed by atoms with Crippen molar-refractivity contribution in [1.82, 2.24) is 0 Å². The topological polar surface area (TPSA) is 34.1 Å². The Bertz CT molecular complexity index is 707.